The van der Waals surface area contributed by atoms with E-state index in [9.17, 15) is 4.79 Å². The van der Waals surface area contributed by atoms with Gasteiger partial charge in [0.25, 0.3) is 0 Å². The predicted molar refractivity (Wildman–Crippen MR) is 93.2 cm³/mol. The minimum absolute atomic E-state index is 0.0775. The van der Waals surface area contributed by atoms with E-state index >= 15 is 0 Å². The number of hydrogen-bond acceptors (Lipinski definition) is 3. The molecular weight excluding hydrogens is 300 g/mol. The number of nitrogens with one attached hydrogen (secondary N) is 2. The molecule has 5 nitrogen and oxygen atoms in total. The summed E-state index contributed by atoms with van der Waals surface area (Å²) < 4.78 is 1.75. The highest BCUT2D eigenvalue weighted by Gasteiger charge is 2.53. The Morgan fingerprint density at radius 1 is 1.25 bits per heavy atom. The Bertz CT molecular complexity index is 587. The lowest BCUT2D eigenvalue weighted by Crippen LogP contribution is -2.56. The van der Waals surface area contributed by atoms with Crippen LogP contribution in [0.1, 0.15) is 57.1 Å². The summed E-state index contributed by atoms with van der Waals surface area (Å²) in [5.74, 6) is 2.81. The lowest BCUT2D eigenvalue weighted by Gasteiger charge is -2.59. The highest BCUT2D eigenvalue weighted by Crippen LogP contribution is 2.61. The first kappa shape index (κ1) is 16.1. The number of hydrogen-bond donors (Lipinski definition) is 2. The minimum atomic E-state index is -0.324. The van der Waals surface area contributed by atoms with E-state index in [0.717, 1.165) is 23.3 Å². The molecule has 132 valence electrons. The van der Waals surface area contributed by atoms with Crippen molar-refractivity contribution in [2.45, 2.75) is 57.5 Å². The maximum Gasteiger partial charge on any atom is 0.242 e. The van der Waals surface area contributed by atoms with Crippen LogP contribution in [0.3, 0.4) is 0 Å². The normalized spacial score (nSPS) is 36.5. The molecule has 0 saturated heterocycles. The van der Waals surface area contributed by atoms with Crippen LogP contribution in [-0.4, -0.2) is 28.8 Å². The van der Waals surface area contributed by atoms with E-state index in [1.807, 2.05) is 20.3 Å². The van der Waals surface area contributed by atoms with Crippen LogP contribution < -0.4 is 10.6 Å². The molecule has 2 atom stereocenters. The second-order valence-electron chi connectivity index (χ2n) is 8.68. The Hall–Kier alpha value is -1.36. The fourth-order valence-corrected chi connectivity index (χ4v) is 6.20. The van der Waals surface area contributed by atoms with Gasteiger partial charge in [-0.15, -0.1) is 0 Å². The lowest BCUT2D eigenvalue weighted by atomic mass is 9.48. The molecule has 0 aliphatic heterocycles. The van der Waals surface area contributed by atoms with E-state index in [1.165, 1.54) is 38.5 Å². The molecule has 4 bridgehead atoms. The second kappa shape index (κ2) is 5.87. The van der Waals surface area contributed by atoms with Crippen molar-refractivity contribution in [1.82, 2.24) is 20.4 Å². The third kappa shape index (κ3) is 2.67. The van der Waals surface area contributed by atoms with Crippen molar-refractivity contribution in [3.05, 3.63) is 18.0 Å². The van der Waals surface area contributed by atoms with Crippen molar-refractivity contribution in [1.29, 1.82) is 0 Å². The van der Waals surface area contributed by atoms with Gasteiger partial charge in [-0.1, -0.05) is 0 Å². The minimum Gasteiger partial charge on any atom is -0.351 e. The average Bonchev–Trinajstić information content (AvgIpc) is 2.92. The van der Waals surface area contributed by atoms with Gasteiger partial charge in [-0.2, -0.15) is 5.10 Å². The summed E-state index contributed by atoms with van der Waals surface area (Å²) in [6.45, 7) is 2.24. The molecule has 5 heteroatoms. The molecule has 1 aromatic heterocycles. The zero-order chi connectivity index (χ0) is 16.9. The maximum atomic E-state index is 12.9. The van der Waals surface area contributed by atoms with E-state index in [1.54, 1.807) is 10.9 Å². The van der Waals surface area contributed by atoms with Gasteiger partial charge < -0.3 is 10.6 Å². The van der Waals surface area contributed by atoms with Crippen molar-refractivity contribution in [3.8, 4) is 0 Å². The molecule has 24 heavy (non-hydrogen) atoms. The third-order valence-electron chi connectivity index (χ3n) is 6.97. The highest BCUT2D eigenvalue weighted by molar-refractivity contribution is 5.83. The molecule has 4 aliphatic rings. The molecule has 0 aromatic carbocycles. The van der Waals surface area contributed by atoms with Crippen molar-refractivity contribution >= 4 is 5.91 Å². The predicted octanol–water partition coefficient (Wildman–Crippen LogP) is 2.40. The standard InChI is InChI=1S/C19H30N4O/c1-12(19-7-13-4-14(8-19)6-15(5-13)9-19)22-18(24)17(20-2)16-10-21-23(3)11-16/h10-15,17,20H,4-9H2,1-3H3,(H,22,24). The summed E-state index contributed by atoms with van der Waals surface area (Å²) in [6, 6.07) is -0.0685. The quantitative estimate of drug-likeness (QED) is 0.871. The number of rotatable bonds is 5. The maximum absolute atomic E-state index is 12.9. The summed E-state index contributed by atoms with van der Waals surface area (Å²) in [5.41, 5.74) is 1.27. The number of carbonyl (C=O) groups is 1. The molecule has 2 N–H and O–H groups in total. The molecule has 5 rings (SSSR count). The van der Waals surface area contributed by atoms with Gasteiger partial charge in [0, 0.05) is 24.8 Å². The molecule has 2 unspecified atom stereocenters. The van der Waals surface area contributed by atoms with Crippen LogP contribution in [0.25, 0.3) is 0 Å². The first-order chi connectivity index (χ1) is 11.5. The van der Waals surface area contributed by atoms with Crippen molar-refractivity contribution in [2.75, 3.05) is 7.05 Å². The van der Waals surface area contributed by atoms with Crippen molar-refractivity contribution in [2.24, 2.45) is 30.2 Å². The average molecular weight is 330 g/mol. The number of aryl methyl sites for hydroxylation is 1. The van der Waals surface area contributed by atoms with Crippen molar-refractivity contribution in [3.63, 3.8) is 0 Å². The molecule has 4 fully saturated rings. The van der Waals surface area contributed by atoms with Crippen LogP contribution >= 0.6 is 0 Å². The number of likely N-dealkylation sites (N-methyl/N-ethyl adjacent to an activating group) is 1. The Labute approximate surface area is 144 Å². The summed E-state index contributed by atoms with van der Waals surface area (Å²) in [4.78, 5) is 12.9. The number of carbonyl (C=O) groups excluding carboxylic acids is 1. The Morgan fingerprint density at radius 3 is 2.29 bits per heavy atom. The van der Waals surface area contributed by atoms with Crippen LogP contribution in [-0.2, 0) is 11.8 Å². The summed E-state index contributed by atoms with van der Waals surface area (Å²) in [7, 11) is 3.72. The fourth-order valence-electron chi connectivity index (χ4n) is 6.20. The van der Waals surface area contributed by atoms with Gasteiger partial charge in [-0.3, -0.25) is 9.48 Å². The van der Waals surface area contributed by atoms with Crippen LogP contribution in [0.4, 0.5) is 0 Å². The molecule has 4 saturated carbocycles. The van der Waals surface area contributed by atoms with Gasteiger partial charge in [0.1, 0.15) is 6.04 Å². The summed E-state index contributed by atoms with van der Waals surface area (Å²) in [5, 5.41) is 10.7. The van der Waals surface area contributed by atoms with Gasteiger partial charge in [-0.05, 0) is 75.7 Å². The Morgan fingerprint density at radius 2 is 1.83 bits per heavy atom. The Balaban J connectivity index is 1.47. The van der Waals surface area contributed by atoms with E-state index in [4.69, 9.17) is 0 Å². The van der Waals surface area contributed by atoms with Gasteiger partial charge in [0.15, 0.2) is 0 Å². The van der Waals surface area contributed by atoms with Crippen LogP contribution in [0.15, 0.2) is 12.4 Å². The zero-order valence-electron chi connectivity index (χ0n) is 15.1. The SMILES string of the molecule is CNC(C(=O)NC(C)C12CC3CC(CC(C3)C1)C2)c1cnn(C)c1. The molecule has 0 spiro atoms. The van der Waals surface area contributed by atoms with Gasteiger partial charge in [0.05, 0.1) is 6.20 Å². The number of nitrogens with zero attached hydrogens (tertiary/aromatic N) is 2. The number of aromatic nitrogens is 2. The van der Waals surface area contributed by atoms with Crippen LogP contribution in [0.5, 0.6) is 0 Å². The smallest absolute Gasteiger partial charge is 0.242 e. The second-order valence-corrected chi connectivity index (χ2v) is 8.68. The molecule has 0 radical (unpaired) electrons. The summed E-state index contributed by atoms with van der Waals surface area (Å²) in [6.07, 6.45) is 12.0. The van der Waals surface area contributed by atoms with E-state index < -0.39 is 0 Å². The first-order valence-corrected chi connectivity index (χ1v) is 9.45. The van der Waals surface area contributed by atoms with Gasteiger partial charge in [0.2, 0.25) is 5.91 Å². The molecule has 4 aliphatic carbocycles. The van der Waals surface area contributed by atoms with E-state index in [2.05, 4.69) is 22.7 Å². The zero-order valence-corrected chi connectivity index (χ0v) is 15.1. The first-order valence-electron chi connectivity index (χ1n) is 9.45. The van der Waals surface area contributed by atoms with Crippen LogP contribution in [0, 0.1) is 23.2 Å². The third-order valence-corrected chi connectivity index (χ3v) is 6.97. The van der Waals surface area contributed by atoms with E-state index in [-0.39, 0.29) is 18.0 Å². The van der Waals surface area contributed by atoms with E-state index in [0.29, 0.717) is 5.41 Å². The lowest BCUT2D eigenvalue weighted by molar-refractivity contribution is -0.128. The molecular formula is C19H30N4O. The number of amides is 1. The Kier molecular flexibility index (Phi) is 3.94. The molecule has 1 heterocycles. The topological polar surface area (TPSA) is 59.0 Å². The summed E-state index contributed by atoms with van der Waals surface area (Å²) >= 11 is 0. The monoisotopic (exact) mass is 330 g/mol. The van der Waals surface area contributed by atoms with Gasteiger partial charge in [-0.25, -0.2) is 0 Å². The largest absolute Gasteiger partial charge is 0.351 e. The highest BCUT2D eigenvalue weighted by atomic mass is 16.2. The molecule has 1 amide bonds. The van der Waals surface area contributed by atoms with Gasteiger partial charge >= 0.3 is 0 Å². The van der Waals surface area contributed by atoms with Crippen molar-refractivity contribution < 1.29 is 4.79 Å². The van der Waals surface area contributed by atoms with Crippen LogP contribution in [0.2, 0.25) is 0 Å². The fraction of sp³-hybridized carbons (Fsp3) is 0.789. The molecule has 1 aromatic rings.